The van der Waals surface area contributed by atoms with E-state index in [2.05, 4.69) is 5.32 Å². The number of rotatable bonds is 4. The van der Waals surface area contributed by atoms with Gasteiger partial charge in [-0.3, -0.25) is 4.79 Å². The van der Waals surface area contributed by atoms with Crippen molar-refractivity contribution in [1.82, 2.24) is 10.2 Å². The van der Waals surface area contributed by atoms with E-state index in [1.165, 1.54) is 11.8 Å². The molecule has 5 nitrogen and oxygen atoms in total. The quantitative estimate of drug-likeness (QED) is 0.837. The van der Waals surface area contributed by atoms with Crippen LogP contribution in [0.15, 0.2) is 17.5 Å². The van der Waals surface area contributed by atoms with Gasteiger partial charge >= 0.3 is 12.0 Å². The molecule has 0 fully saturated rings. The standard InChI is InChI=1S/C10H14N2O3S/c1-7(9(13)14)11-10(15)12(2)6-8-4-3-5-16-8/h3-5,7H,6H2,1-2H3,(H,11,15)(H,13,14)/t7-/m1/s1. The Hall–Kier alpha value is -1.56. The van der Waals surface area contributed by atoms with Crippen LogP contribution in [0.5, 0.6) is 0 Å². The highest BCUT2D eigenvalue weighted by Gasteiger charge is 2.16. The number of nitrogens with zero attached hydrogens (tertiary/aromatic N) is 1. The van der Waals surface area contributed by atoms with Crippen molar-refractivity contribution >= 4 is 23.3 Å². The van der Waals surface area contributed by atoms with Gasteiger partial charge in [-0.1, -0.05) is 6.07 Å². The van der Waals surface area contributed by atoms with E-state index >= 15 is 0 Å². The molecule has 1 heterocycles. The second-order valence-electron chi connectivity index (χ2n) is 3.44. The summed E-state index contributed by atoms with van der Waals surface area (Å²) in [5.74, 6) is -1.04. The molecule has 0 spiro atoms. The summed E-state index contributed by atoms with van der Waals surface area (Å²) in [5.41, 5.74) is 0. The molecular weight excluding hydrogens is 228 g/mol. The van der Waals surface area contributed by atoms with Crippen molar-refractivity contribution in [2.24, 2.45) is 0 Å². The first-order valence-electron chi connectivity index (χ1n) is 4.77. The molecular formula is C10H14N2O3S. The molecule has 88 valence electrons. The Bertz CT molecular complexity index is 364. The van der Waals surface area contributed by atoms with Gasteiger partial charge in [-0.2, -0.15) is 0 Å². The Balaban J connectivity index is 2.45. The maximum absolute atomic E-state index is 11.5. The molecule has 1 rings (SSSR count). The van der Waals surface area contributed by atoms with Crippen LogP contribution < -0.4 is 5.32 Å². The van der Waals surface area contributed by atoms with Crippen molar-refractivity contribution < 1.29 is 14.7 Å². The Morgan fingerprint density at radius 3 is 2.81 bits per heavy atom. The Labute approximate surface area is 97.7 Å². The zero-order valence-electron chi connectivity index (χ0n) is 9.14. The molecule has 0 bridgehead atoms. The molecule has 0 saturated heterocycles. The molecule has 0 saturated carbocycles. The minimum atomic E-state index is -1.04. The number of carbonyl (C=O) groups is 2. The van der Waals surface area contributed by atoms with Crippen molar-refractivity contribution in [1.29, 1.82) is 0 Å². The highest BCUT2D eigenvalue weighted by atomic mass is 32.1. The van der Waals surface area contributed by atoms with Crippen molar-refractivity contribution in [3.8, 4) is 0 Å². The largest absolute Gasteiger partial charge is 0.480 e. The lowest BCUT2D eigenvalue weighted by Gasteiger charge is -2.18. The van der Waals surface area contributed by atoms with E-state index < -0.39 is 12.0 Å². The normalized spacial score (nSPS) is 11.9. The second kappa shape index (κ2) is 5.50. The van der Waals surface area contributed by atoms with Crippen LogP contribution in [0.1, 0.15) is 11.8 Å². The van der Waals surface area contributed by atoms with Gasteiger partial charge < -0.3 is 15.3 Å². The molecule has 0 aromatic carbocycles. The van der Waals surface area contributed by atoms with Crippen LogP contribution in [0.25, 0.3) is 0 Å². The predicted octanol–water partition coefficient (Wildman–Crippen LogP) is 1.36. The average Bonchev–Trinajstić information content (AvgIpc) is 2.69. The number of hydrogen-bond donors (Lipinski definition) is 2. The van der Waals surface area contributed by atoms with Crippen LogP contribution in [-0.4, -0.2) is 35.1 Å². The summed E-state index contributed by atoms with van der Waals surface area (Å²) in [4.78, 5) is 24.6. The van der Waals surface area contributed by atoms with Gasteiger partial charge in [-0.05, 0) is 18.4 Å². The molecule has 0 unspecified atom stereocenters. The van der Waals surface area contributed by atoms with Crippen LogP contribution in [-0.2, 0) is 11.3 Å². The van der Waals surface area contributed by atoms with Gasteiger partial charge in [0.05, 0.1) is 6.54 Å². The highest BCUT2D eigenvalue weighted by molar-refractivity contribution is 7.09. The highest BCUT2D eigenvalue weighted by Crippen LogP contribution is 2.10. The van der Waals surface area contributed by atoms with Gasteiger partial charge in [0.25, 0.3) is 0 Å². The summed E-state index contributed by atoms with van der Waals surface area (Å²) in [5, 5.41) is 13.0. The van der Waals surface area contributed by atoms with E-state index in [4.69, 9.17) is 5.11 Å². The lowest BCUT2D eigenvalue weighted by atomic mass is 10.3. The number of hydrogen-bond acceptors (Lipinski definition) is 3. The van der Waals surface area contributed by atoms with E-state index in [1.807, 2.05) is 17.5 Å². The van der Waals surface area contributed by atoms with Crippen molar-refractivity contribution in [3.63, 3.8) is 0 Å². The minimum absolute atomic E-state index is 0.386. The van der Waals surface area contributed by atoms with Gasteiger partial charge in [0, 0.05) is 11.9 Å². The first-order valence-corrected chi connectivity index (χ1v) is 5.65. The predicted molar refractivity (Wildman–Crippen MR) is 61.4 cm³/mol. The van der Waals surface area contributed by atoms with Crippen LogP contribution in [0.3, 0.4) is 0 Å². The molecule has 0 aliphatic heterocycles. The number of carbonyl (C=O) groups excluding carboxylic acids is 1. The zero-order chi connectivity index (χ0) is 12.1. The lowest BCUT2D eigenvalue weighted by molar-refractivity contribution is -0.138. The topological polar surface area (TPSA) is 69.6 Å². The number of aliphatic carboxylic acids is 1. The fraction of sp³-hybridized carbons (Fsp3) is 0.400. The molecule has 2 amide bonds. The maximum Gasteiger partial charge on any atom is 0.325 e. The first kappa shape index (κ1) is 12.5. The van der Waals surface area contributed by atoms with Gasteiger partial charge in [0.2, 0.25) is 0 Å². The summed E-state index contributed by atoms with van der Waals surface area (Å²) in [6.45, 7) is 1.91. The van der Waals surface area contributed by atoms with Crippen LogP contribution in [0, 0.1) is 0 Å². The van der Waals surface area contributed by atoms with Crippen LogP contribution >= 0.6 is 11.3 Å². The first-order chi connectivity index (χ1) is 7.50. The third kappa shape index (κ3) is 3.54. The number of amides is 2. The molecule has 6 heteroatoms. The van der Waals surface area contributed by atoms with Gasteiger partial charge in [0.1, 0.15) is 6.04 Å². The zero-order valence-corrected chi connectivity index (χ0v) is 9.95. The van der Waals surface area contributed by atoms with Crippen LogP contribution in [0.4, 0.5) is 4.79 Å². The number of urea groups is 1. The molecule has 1 aromatic heterocycles. The summed E-state index contributed by atoms with van der Waals surface area (Å²) in [7, 11) is 1.63. The number of nitrogens with one attached hydrogen (secondary N) is 1. The molecule has 1 aromatic rings. The van der Waals surface area contributed by atoms with E-state index in [-0.39, 0.29) is 6.03 Å². The SMILES string of the molecule is C[C@@H](NC(=O)N(C)Cc1cccs1)C(=O)O. The van der Waals surface area contributed by atoms with E-state index in [0.29, 0.717) is 6.54 Å². The molecule has 16 heavy (non-hydrogen) atoms. The summed E-state index contributed by atoms with van der Waals surface area (Å²) >= 11 is 1.56. The van der Waals surface area contributed by atoms with E-state index in [0.717, 1.165) is 4.88 Å². The fourth-order valence-corrected chi connectivity index (χ4v) is 1.82. The van der Waals surface area contributed by atoms with Gasteiger partial charge in [-0.25, -0.2) is 4.79 Å². The Morgan fingerprint density at radius 1 is 1.62 bits per heavy atom. The lowest BCUT2D eigenvalue weighted by Crippen LogP contribution is -2.44. The third-order valence-corrected chi connectivity index (χ3v) is 2.89. The smallest absolute Gasteiger partial charge is 0.325 e. The van der Waals surface area contributed by atoms with Gasteiger partial charge in [0.15, 0.2) is 0 Å². The summed E-state index contributed by atoms with van der Waals surface area (Å²) in [6.07, 6.45) is 0. The summed E-state index contributed by atoms with van der Waals surface area (Å²) in [6, 6.07) is 2.57. The maximum atomic E-state index is 11.5. The molecule has 0 aliphatic carbocycles. The number of carboxylic acid groups (broad SMARTS) is 1. The summed E-state index contributed by atoms with van der Waals surface area (Å²) < 4.78 is 0. The average molecular weight is 242 g/mol. The monoisotopic (exact) mass is 242 g/mol. The van der Waals surface area contributed by atoms with Crippen molar-refractivity contribution in [2.45, 2.75) is 19.5 Å². The second-order valence-corrected chi connectivity index (χ2v) is 4.48. The van der Waals surface area contributed by atoms with Crippen LogP contribution in [0.2, 0.25) is 0 Å². The van der Waals surface area contributed by atoms with E-state index in [9.17, 15) is 9.59 Å². The Kier molecular flexibility index (Phi) is 4.30. The minimum Gasteiger partial charge on any atom is -0.480 e. The van der Waals surface area contributed by atoms with Crippen molar-refractivity contribution in [3.05, 3.63) is 22.4 Å². The van der Waals surface area contributed by atoms with E-state index in [1.54, 1.807) is 18.4 Å². The van der Waals surface area contributed by atoms with Gasteiger partial charge in [-0.15, -0.1) is 11.3 Å². The number of thiophene rings is 1. The fourth-order valence-electron chi connectivity index (χ4n) is 1.07. The molecule has 0 radical (unpaired) electrons. The third-order valence-electron chi connectivity index (χ3n) is 2.03. The Morgan fingerprint density at radius 2 is 2.31 bits per heavy atom. The molecule has 1 atom stereocenters. The number of carboxylic acids is 1. The molecule has 2 N–H and O–H groups in total. The molecule has 0 aliphatic rings. The van der Waals surface area contributed by atoms with Crippen molar-refractivity contribution in [2.75, 3.05) is 7.05 Å².